The summed E-state index contributed by atoms with van der Waals surface area (Å²) < 4.78 is 0. The summed E-state index contributed by atoms with van der Waals surface area (Å²) >= 11 is 0. The lowest BCUT2D eigenvalue weighted by Gasteiger charge is -2.05. The lowest BCUT2D eigenvalue weighted by molar-refractivity contribution is -0.136. The van der Waals surface area contributed by atoms with Crippen LogP contribution in [0.25, 0.3) is 0 Å². The lowest BCUT2D eigenvalue weighted by Crippen LogP contribution is -2.31. The number of pyridine rings is 1. The van der Waals surface area contributed by atoms with Crippen molar-refractivity contribution in [3.63, 3.8) is 0 Å². The van der Waals surface area contributed by atoms with Gasteiger partial charge in [-0.05, 0) is 6.07 Å². The van der Waals surface area contributed by atoms with E-state index < -0.39 is 25.5 Å². The van der Waals surface area contributed by atoms with Crippen LogP contribution in [0, 0.1) is 0 Å². The van der Waals surface area contributed by atoms with Gasteiger partial charge in [-0.3, -0.25) is 9.78 Å². The van der Waals surface area contributed by atoms with Crippen molar-refractivity contribution in [2.45, 2.75) is 6.42 Å². The van der Waals surface area contributed by atoms with Crippen LogP contribution in [0.1, 0.15) is 16.1 Å². The van der Waals surface area contributed by atoms with Crippen LogP contribution in [0.15, 0.2) is 12.3 Å². The molecule has 1 heterocycles. The third-order valence-corrected chi connectivity index (χ3v) is 1.84. The number of carboxylic acids is 2. The van der Waals surface area contributed by atoms with Crippen LogP contribution in [0.2, 0.25) is 0 Å². The molecular formula is C8H8BNO6. The van der Waals surface area contributed by atoms with E-state index in [0.717, 1.165) is 12.3 Å². The van der Waals surface area contributed by atoms with Crippen LogP contribution in [-0.2, 0) is 11.2 Å². The first kappa shape index (κ1) is 12.1. The number of hydrogen-bond acceptors (Lipinski definition) is 5. The summed E-state index contributed by atoms with van der Waals surface area (Å²) in [5, 5.41) is 34.9. The number of carbonyl (C=O) groups is 2. The van der Waals surface area contributed by atoms with E-state index >= 15 is 0 Å². The lowest BCUT2D eigenvalue weighted by atomic mass is 9.80. The molecule has 1 aromatic rings. The highest BCUT2D eigenvalue weighted by atomic mass is 16.4. The molecule has 0 fully saturated rings. The fourth-order valence-electron chi connectivity index (χ4n) is 1.12. The van der Waals surface area contributed by atoms with E-state index in [4.69, 9.17) is 20.3 Å². The Morgan fingerprint density at radius 1 is 1.31 bits per heavy atom. The third-order valence-electron chi connectivity index (χ3n) is 1.84. The van der Waals surface area contributed by atoms with E-state index in [-0.39, 0.29) is 16.7 Å². The average molecular weight is 225 g/mol. The molecule has 0 radical (unpaired) electrons. The van der Waals surface area contributed by atoms with E-state index in [1.165, 1.54) is 0 Å². The summed E-state index contributed by atoms with van der Waals surface area (Å²) in [5.74, 6) is -2.58. The number of hydrogen-bond donors (Lipinski definition) is 4. The molecule has 1 aromatic heterocycles. The van der Waals surface area contributed by atoms with Gasteiger partial charge in [-0.25, -0.2) is 4.79 Å². The Morgan fingerprint density at radius 2 is 1.94 bits per heavy atom. The molecular weight excluding hydrogens is 217 g/mol. The van der Waals surface area contributed by atoms with E-state index in [0.29, 0.717) is 0 Å². The molecule has 0 amide bonds. The molecule has 7 nitrogen and oxygen atoms in total. The predicted octanol–water partition coefficient (Wildman–Crippen LogP) is -1.91. The van der Waals surface area contributed by atoms with Crippen LogP contribution in [0.3, 0.4) is 0 Å². The summed E-state index contributed by atoms with van der Waals surface area (Å²) in [6, 6.07) is 0.984. The van der Waals surface area contributed by atoms with Gasteiger partial charge in [0.25, 0.3) is 0 Å². The monoisotopic (exact) mass is 225 g/mol. The second-order valence-corrected chi connectivity index (χ2v) is 3.01. The van der Waals surface area contributed by atoms with Crippen LogP contribution in [0.4, 0.5) is 0 Å². The molecule has 0 atom stereocenters. The topological polar surface area (TPSA) is 128 Å². The van der Waals surface area contributed by atoms with Gasteiger partial charge in [-0.2, -0.15) is 0 Å². The van der Waals surface area contributed by atoms with Gasteiger partial charge in [0.15, 0.2) is 0 Å². The third kappa shape index (κ3) is 2.78. The maximum atomic E-state index is 10.8. The van der Waals surface area contributed by atoms with E-state index in [9.17, 15) is 9.59 Å². The van der Waals surface area contributed by atoms with Crippen molar-refractivity contribution in [3.8, 4) is 0 Å². The van der Waals surface area contributed by atoms with Crippen LogP contribution >= 0.6 is 0 Å². The quantitative estimate of drug-likeness (QED) is 0.440. The standard InChI is InChI=1S/C8H8BNO6/c11-7(12)2-6-5(8(13)14)1-4(3-10-6)9(15)16/h1,3,15-16H,2H2,(H,11,12)(H,13,14). The molecule has 0 aliphatic carbocycles. The predicted molar refractivity (Wildman–Crippen MR) is 52.4 cm³/mol. The Kier molecular flexibility index (Phi) is 3.59. The van der Waals surface area contributed by atoms with Crippen molar-refractivity contribution in [3.05, 3.63) is 23.5 Å². The van der Waals surface area contributed by atoms with E-state index in [1.54, 1.807) is 0 Å². The van der Waals surface area contributed by atoms with Gasteiger partial charge in [0.2, 0.25) is 0 Å². The highest BCUT2D eigenvalue weighted by Crippen LogP contribution is 2.05. The largest absolute Gasteiger partial charge is 0.490 e. The molecule has 4 N–H and O–H groups in total. The zero-order chi connectivity index (χ0) is 12.3. The summed E-state index contributed by atoms with van der Waals surface area (Å²) in [4.78, 5) is 24.8. The Hall–Kier alpha value is -1.93. The first-order valence-corrected chi connectivity index (χ1v) is 4.22. The van der Waals surface area contributed by atoms with Gasteiger partial charge in [0.05, 0.1) is 17.7 Å². The van der Waals surface area contributed by atoms with Gasteiger partial charge in [0.1, 0.15) is 0 Å². The minimum absolute atomic E-state index is 0.105. The number of aromatic nitrogens is 1. The molecule has 1 rings (SSSR count). The summed E-state index contributed by atoms with van der Waals surface area (Å²) in [5.41, 5.74) is -0.594. The summed E-state index contributed by atoms with van der Waals surface area (Å²) in [6.07, 6.45) is 0.485. The number of aliphatic carboxylic acids is 1. The summed E-state index contributed by atoms with van der Waals surface area (Å²) in [7, 11) is -1.84. The van der Waals surface area contributed by atoms with E-state index in [2.05, 4.69) is 4.98 Å². The molecule has 0 aromatic carbocycles. The highest BCUT2D eigenvalue weighted by molar-refractivity contribution is 6.58. The number of nitrogens with zero attached hydrogens (tertiary/aromatic N) is 1. The van der Waals surface area contributed by atoms with Gasteiger partial charge in [-0.15, -0.1) is 0 Å². The molecule has 8 heteroatoms. The molecule has 0 unspecified atom stereocenters. The molecule has 84 valence electrons. The minimum atomic E-state index is -1.84. The van der Waals surface area contributed by atoms with Gasteiger partial charge in [0, 0.05) is 11.7 Å². The molecule has 0 aliphatic heterocycles. The average Bonchev–Trinajstić information content (AvgIpc) is 2.16. The SMILES string of the molecule is O=C(O)Cc1ncc(B(O)O)cc1C(=O)O. The fourth-order valence-corrected chi connectivity index (χ4v) is 1.12. The summed E-state index contributed by atoms with van der Waals surface area (Å²) in [6.45, 7) is 0. The van der Waals surface area contributed by atoms with Crippen molar-refractivity contribution in [2.24, 2.45) is 0 Å². The Bertz CT molecular complexity index is 433. The van der Waals surface area contributed by atoms with Crippen molar-refractivity contribution >= 4 is 24.5 Å². The molecule has 0 bridgehead atoms. The van der Waals surface area contributed by atoms with Crippen LogP contribution in [-0.4, -0.2) is 44.3 Å². The molecule has 0 spiro atoms. The van der Waals surface area contributed by atoms with Crippen molar-refractivity contribution in [2.75, 3.05) is 0 Å². The zero-order valence-corrected chi connectivity index (χ0v) is 7.99. The molecule has 0 saturated heterocycles. The van der Waals surface area contributed by atoms with Crippen molar-refractivity contribution in [1.29, 1.82) is 0 Å². The van der Waals surface area contributed by atoms with Crippen LogP contribution < -0.4 is 5.46 Å². The normalized spacial score (nSPS) is 9.88. The van der Waals surface area contributed by atoms with Gasteiger partial charge in [-0.1, -0.05) is 0 Å². The number of rotatable bonds is 4. The van der Waals surface area contributed by atoms with Crippen LogP contribution in [0.5, 0.6) is 0 Å². The first-order chi connectivity index (χ1) is 7.41. The maximum absolute atomic E-state index is 10.8. The minimum Gasteiger partial charge on any atom is -0.481 e. The van der Waals surface area contributed by atoms with Crippen molar-refractivity contribution in [1.82, 2.24) is 4.98 Å². The first-order valence-electron chi connectivity index (χ1n) is 4.22. The molecule has 0 aliphatic rings. The Morgan fingerprint density at radius 3 is 2.38 bits per heavy atom. The smallest absolute Gasteiger partial charge is 0.481 e. The highest BCUT2D eigenvalue weighted by Gasteiger charge is 2.19. The van der Waals surface area contributed by atoms with Gasteiger partial charge >= 0.3 is 19.1 Å². The van der Waals surface area contributed by atoms with E-state index in [1.807, 2.05) is 0 Å². The number of carboxylic acid groups (broad SMARTS) is 2. The fraction of sp³-hybridized carbons (Fsp3) is 0.125. The second kappa shape index (κ2) is 4.73. The molecule has 0 saturated carbocycles. The second-order valence-electron chi connectivity index (χ2n) is 3.01. The van der Waals surface area contributed by atoms with Gasteiger partial charge < -0.3 is 20.3 Å². The zero-order valence-electron chi connectivity index (χ0n) is 7.99. The van der Waals surface area contributed by atoms with Crippen molar-refractivity contribution < 1.29 is 29.9 Å². The Balaban J connectivity index is 3.19. The number of aromatic carboxylic acids is 1. The molecule has 16 heavy (non-hydrogen) atoms. The Labute approximate surface area is 90.1 Å². The maximum Gasteiger partial charge on any atom is 0.490 e.